The Morgan fingerprint density at radius 3 is 2.52 bits per heavy atom. The predicted molar refractivity (Wildman–Crippen MR) is 72.7 cm³/mol. The van der Waals surface area contributed by atoms with Gasteiger partial charge in [0.05, 0.1) is 29.0 Å². The van der Waals surface area contributed by atoms with Gasteiger partial charge in [0.25, 0.3) is 0 Å². The summed E-state index contributed by atoms with van der Waals surface area (Å²) in [5.41, 5.74) is 4.35. The number of hydrogen-bond donors (Lipinski definition) is 2. The number of rotatable bonds is 4. The Morgan fingerprint density at radius 2 is 2.10 bits per heavy atom. The lowest BCUT2D eigenvalue weighted by Crippen LogP contribution is -2.42. The van der Waals surface area contributed by atoms with Crippen molar-refractivity contribution in [3.63, 3.8) is 0 Å². The lowest BCUT2D eigenvalue weighted by molar-refractivity contribution is -0.137. The highest BCUT2D eigenvalue weighted by Crippen LogP contribution is 2.38. The van der Waals surface area contributed by atoms with Gasteiger partial charge in [-0.2, -0.15) is 13.2 Å². The summed E-state index contributed by atoms with van der Waals surface area (Å²) < 4.78 is 42.9. The molecule has 1 aliphatic carbocycles. The molecule has 116 valence electrons. The maximum absolute atomic E-state index is 12.5. The number of carbonyl (C=O) groups excluding carboxylic acids is 1. The van der Waals surface area contributed by atoms with E-state index < -0.39 is 17.3 Å². The van der Waals surface area contributed by atoms with Crippen LogP contribution in [0.2, 0.25) is 0 Å². The fraction of sp³-hybridized carbons (Fsp3) is 0.500. The van der Waals surface area contributed by atoms with Gasteiger partial charge in [0.15, 0.2) is 0 Å². The van der Waals surface area contributed by atoms with E-state index >= 15 is 0 Å². The number of amides is 1. The molecule has 0 heterocycles. The summed E-state index contributed by atoms with van der Waals surface area (Å²) in [6.07, 6.45) is -1.67. The van der Waals surface area contributed by atoms with E-state index in [1.165, 1.54) is 0 Å². The second kappa shape index (κ2) is 5.55. The van der Waals surface area contributed by atoms with Crippen LogP contribution in [0.4, 0.5) is 24.5 Å². The molecular formula is C14H17F3N2O2. The van der Waals surface area contributed by atoms with Gasteiger partial charge in [-0.3, -0.25) is 4.79 Å². The molecule has 0 spiro atoms. The Morgan fingerprint density at radius 1 is 1.43 bits per heavy atom. The predicted octanol–water partition coefficient (Wildman–Crippen LogP) is 3.19. The highest BCUT2D eigenvalue weighted by molar-refractivity contribution is 5.94. The molecule has 0 saturated heterocycles. The van der Waals surface area contributed by atoms with Crippen molar-refractivity contribution in [1.82, 2.24) is 0 Å². The normalized spacial score (nSPS) is 17.1. The minimum absolute atomic E-state index is 0.113. The summed E-state index contributed by atoms with van der Waals surface area (Å²) in [7, 11) is 1.55. The summed E-state index contributed by atoms with van der Waals surface area (Å²) in [5, 5.41) is 2.54. The van der Waals surface area contributed by atoms with Crippen molar-refractivity contribution in [1.29, 1.82) is 0 Å². The maximum Gasteiger partial charge on any atom is 0.416 e. The lowest BCUT2D eigenvalue weighted by atomic mass is 9.77. The standard InChI is InChI=1S/C14H17F3N2O2/c1-21-13(5-2-6-13)8-12(20)19-11-4-3-9(7-10(11)18)14(15,16)17/h3-4,7H,2,5-6,8,18H2,1H3,(H,19,20). The fourth-order valence-electron chi connectivity index (χ4n) is 2.36. The van der Waals surface area contributed by atoms with Gasteiger partial charge in [0.2, 0.25) is 5.91 Å². The van der Waals surface area contributed by atoms with E-state index in [4.69, 9.17) is 10.5 Å². The highest BCUT2D eigenvalue weighted by Gasteiger charge is 2.39. The molecule has 0 atom stereocenters. The number of carbonyl (C=O) groups is 1. The molecule has 1 amide bonds. The van der Waals surface area contributed by atoms with Gasteiger partial charge in [-0.05, 0) is 37.5 Å². The van der Waals surface area contributed by atoms with E-state index in [-0.39, 0.29) is 23.7 Å². The van der Waals surface area contributed by atoms with Gasteiger partial charge in [0.1, 0.15) is 0 Å². The molecule has 7 heteroatoms. The highest BCUT2D eigenvalue weighted by atomic mass is 19.4. The molecule has 1 saturated carbocycles. The molecule has 0 aliphatic heterocycles. The number of nitrogens with one attached hydrogen (secondary N) is 1. The average Bonchev–Trinajstić information content (AvgIpc) is 2.35. The first-order valence-corrected chi connectivity index (χ1v) is 6.57. The number of halogens is 3. The number of alkyl halides is 3. The molecule has 0 bridgehead atoms. The van der Waals surface area contributed by atoms with E-state index in [0.717, 1.165) is 37.5 Å². The molecule has 0 aromatic heterocycles. The zero-order valence-electron chi connectivity index (χ0n) is 11.6. The van der Waals surface area contributed by atoms with Gasteiger partial charge < -0.3 is 15.8 Å². The molecule has 0 radical (unpaired) electrons. The molecule has 2 rings (SSSR count). The Bertz CT molecular complexity index is 534. The van der Waals surface area contributed by atoms with E-state index in [0.29, 0.717) is 0 Å². The minimum Gasteiger partial charge on any atom is -0.397 e. The van der Waals surface area contributed by atoms with Gasteiger partial charge in [-0.15, -0.1) is 0 Å². The van der Waals surface area contributed by atoms with Crippen molar-refractivity contribution in [2.24, 2.45) is 0 Å². The summed E-state index contributed by atoms with van der Waals surface area (Å²) >= 11 is 0. The molecule has 1 fully saturated rings. The Labute approximate surface area is 120 Å². The molecule has 1 aromatic rings. The van der Waals surface area contributed by atoms with E-state index in [9.17, 15) is 18.0 Å². The zero-order chi connectivity index (χ0) is 15.7. The number of anilines is 2. The monoisotopic (exact) mass is 302 g/mol. The summed E-state index contributed by atoms with van der Waals surface area (Å²) in [4.78, 5) is 11.9. The Balaban J connectivity index is 2.04. The number of methoxy groups -OCH3 is 1. The van der Waals surface area contributed by atoms with Crippen molar-refractivity contribution in [3.8, 4) is 0 Å². The number of ether oxygens (including phenoxy) is 1. The number of nitrogen functional groups attached to an aromatic ring is 1. The smallest absolute Gasteiger partial charge is 0.397 e. The van der Waals surface area contributed by atoms with Crippen LogP contribution in [0.5, 0.6) is 0 Å². The first-order valence-electron chi connectivity index (χ1n) is 6.57. The second-order valence-electron chi connectivity index (χ2n) is 5.27. The Kier molecular flexibility index (Phi) is 4.13. The third-order valence-electron chi connectivity index (χ3n) is 3.83. The van der Waals surface area contributed by atoms with Gasteiger partial charge in [0, 0.05) is 7.11 Å². The van der Waals surface area contributed by atoms with Crippen LogP contribution in [0, 0.1) is 0 Å². The molecule has 1 aliphatic rings. The van der Waals surface area contributed by atoms with Crippen LogP contribution in [0.1, 0.15) is 31.2 Å². The quantitative estimate of drug-likeness (QED) is 0.840. The van der Waals surface area contributed by atoms with Gasteiger partial charge >= 0.3 is 6.18 Å². The van der Waals surface area contributed by atoms with Crippen molar-refractivity contribution in [3.05, 3.63) is 23.8 Å². The fourth-order valence-corrected chi connectivity index (χ4v) is 2.36. The van der Waals surface area contributed by atoms with Crippen molar-refractivity contribution in [2.45, 2.75) is 37.5 Å². The van der Waals surface area contributed by atoms with Crippen LogP contribution < -0.4 is 11.1 Å². The van der Waals surface area contributed by atoms with Gasteiger partial charge in [-0.1, -0.05) is 0 Å². The molecule has 21 heavy (non-hydrogen) atoms. The van der Waals surface area contributed by atoms with E-state index in [2.05, 4.69) is 5.32 Å². The van der Waals surface area contributed by atoms with Crippen molar-refractivity contribution >= 4 is 17.3 Å². The third kappa shape index (κ3) is 3.47. The Hall–Kier alpha value is -1.76. The van der Waals surface area contributed by atoms with Crippen LogP contribution in [0.3, 0.4) is 0 Å². The summed E-state index contributed by atoms with van der Waals surface area (Å²) in [6.45, 7) is 0. The molecule has 4 nitrogen and oxygen atoms in total. The molecule has 1 aromatic carbocycles. The summed E-state index contributed by atoms with van der Waals surface area (Å²) in [5.74, 6) is -0.317. The van der Waals surface area contributed by atoms with Crippen LogP contribution >= 0.6 is 0 Å². The largest absolute Gasteiger partial charge is 0.416 e. The van der Waals surface area contributed by atoms with Crippen LogP contribution in [0.15, 0.2) is 18.2 Å². The number of benzene rings is 1. The van der Waals surface area contributed by atoms with Crippen LogP contribution in [0.25, 0.3) is 0 Å². The summed E-state index contributed by atoms with van der Waals surface area (Å²) in [6, 6.07) is 2.86. The van der Waals surface area contributed by atoms with Crippen LogP contribution in [-0.2, 0) is 15.7 Å². The topological polar surface area (TPSA) is 64.3 Å². The molecule has 3 N–H and O–H groups in total. The third-order valence-corrected chi connectivity index (χ3v) is 3.83. The van der Waals surface area contributed by atoms with Crippen molar-refractivity contribution in [2.75, 3.05) is 18.2 Å². The first-order chi connectivity index (χ1) is 9.76. The second-order valence-corrected chi connectivity index (χ2v) is 5.27. The lowest BCUT2D eigenvalue weighted by Gasteiger charge is -2.39. The molecular weight excluding hydrogens is 285 g/mol. The maximum atomic E-state index is 12.5. The first kappa shape index (κ1) is 15.6. The minimum atomic E-state index is -4.46. The van der Waals surface area contributed by atoms with Crippen molar-refractivity contribution < 1.29 is 22.7 Å². The van der Waals surface area contributed by atoms with Gasteiger partial charge in [-0.25, -0.2) is 0 Å². The number of nitrogens with two attached hydrogens (primary N) is 1. The SMILES string of the molecule is COC1(CC(=O)Nc2ccc(C(F)(F)F)cc2N)CCC1. The van der Waals surface area contributed by atoms with E-state index in [1.54, 1.807) is 7.11 Å². The van der Waals surface area contributed by atoms with E-state index in [1.807, 2.05) is 0 Å². The zero-order valence-corrected chi connectivity index (χ0v) is 11.6. The van der Waals surface area contributed by atoms with Crippen LogP contribution in [-0.4, -0.2) is 18.6 Å². The number of hydrogen-bond acceptors (Lipinski definition) is 3. The molecule has 0 unspecified atom stereocenters. The average molecular weight is 302 g/mol.